The van der Waals surface area contributed by atoms with E-state index in [9.17, 15) is 13.2 Å². The van der Waals surface area contributed by atoms with Crippen molar-refractivity contribution < 1.29 is 22.7 Å². The monoisotopic (exact) mass is 574 g/mol. The molecule has 0 spiro atoms. The Morgan fingerprint density at radius 1 is 1.00 bits per heavy atom. The van der Waals surface area contributed by atoms with Crippen molar-refractivity contribution in [1.82, 2.24) is 24.6 Å². The molecule has 0 atom stereocenters. The molecule has 2 fully saturated rings. The Balaban J connectivity index is 1.43. The van der Waals surface area contributed by atoms with Crippen molar-refractivity contribution in [3.8, 4) is 23.0 Å². The van der Waals surface area contributed by atoms with Crippen molar-refractivity contribution in [2.75, 3.05) is 32.6 Å². The van der Waals surface area contributed by atoms with E-state index < -0.39 is 10.0 Å². The zero-order valence-corrected chi connectivity index (χ0v) is 23.6. The predicted octanol–water partition coefficient (Wildman–Crippen LogP) is 4.13. The molecule has 6 rings (SSSR count). The minimum Gasteiger partial charge on any atom is -0.480 e. The van der Waals surface area contributed by atoms with Gasteiger partial charge < -0.3 is 19.7 Å². The molecular weight excluding hydrogens is 544 g/mol. The van der Waals surface area contributed by atoms with Crippen LogP contribution in [0.5, 0.6) is 11.9 Å². The lowest BCUT2D eigenvalue weighted by molar-refractivity contribution is 0.0793. The van der Waals surface area contributed by atoms with Crippen LogP contribution in [0.15, 0.2) is 59.8 Å². The van der Waals surface area contributed by atoms with Crippen LogP contribution in [0.3, 0.4) is 0 Å². The summed E-state index contributed by atoms with van der Waals surface area (Å²) in [5.74, 6) is 0.302. The van der Waals surface area contributed by atoms with Crippen LogP contribution in [0.4, 0.5) is 11.4 Å². The van der Waals surface area contributed by atoms with Crippen molar-refractivity contribution in [2.45, 2.75) is 36.6 Å². The highest BCUT2D eigenvalue weighted by Gasteiger charge is 2.31. The number of likely N-dealkylation sites (tertiary alicyclic amines) is 1. The standard InChI is InChI=1S/C29H30N6O5S/c1-39-27-23(16-31-29(33-27)40-2)18-8-11-22-24(15-18)30-17-25(41(37,38)34-20-9-10-20)26(22)32-21-7-5-6-19(14-21)28(36)35-12-3-4-13-35/h5-8,11,14-17,20,34H,3-4,9-10,12-13H2,1-2H3,(H,30,32). The molecule has 4 aromatic rings. The van der Waals surface area contributed by atoms with Gasteiger partial charge in [-0.15, -0.1) is 0 Å². The first-order valence-corrected chi connectivity index (χ1v) is 14.9. The molecule has 3 heterocycles. The summed E-state index contributed by atoms with van der Waals surface area (Å²) < 4.78 is 40.2. The molecule has 212 valence electrons. The number of benzene rings is 2. The number of hydrogen-bond acceptors (Lipinski definition) is 9. The van der Waals surface area contributed by atoms with E-state index in [0.29, 0.717) is 39.3 Å². The maximum absolute atomic E-state index is 13.4. The number of anilines is 2. The van der Waals surface area contributed by atoms with E-state index in [4.69, 9.17) is 9.47 Å². The SMILES string of the molecule is COc1ncc(-c2ccc3c(Nc4cccc(C(=O)N5CCCC5)c4)c(S(=O)(=O)NC4CC4)cnc3c2)c(OC)n1. The minimum atomic E-state index is -3.86. The second-order valence-corrected chi connectivity index (χ2v) is 11.8. The van der Waals surface area contributed by atoms with Gasteiger partial charge >= 0.3 is 6.01 Å². The van der Waals surface area contributed by atoms with Gasteiger partial charge in [-0.05, 0) is 55.5 Å². The number of methoxy groups -OCH3 is 2. The van der Waals surface area contributed by atoms with E-state index in [-0.39, 0.29) is 22.9 Å². The van der Waals surface area contributed by atoms with Crippen LogP contribution in [0.1, 0.15) is 36.0 Å². The van der Waals surface area contributed by atoms with E-state index in [0.717, 1.165) is 44.3 Å². The number of fused-ring (bicyclic) bond motifs is 1. The molecule has 11 nitrogen and oxygen atoms in total. The van der Waals surface area contributed by atoms with E-state index in [1.807, 2.05) is 23.1 Å². The molecule has 0 radical (unpaired) electrons. The number of carbonyl (C=O) groups excluding carboxylic acids is 1. The Labute approximate surface area is 238 Å². The molecule has 1 amide bonds. The molecule has 0 bridgehead atoms. The van der Waals surface area contributed by atoms with E-state index >= 15 is 0 Å². The highest BCUT2D eigenvalue weighted by atomic mass is 32.2. The highest BCUT2D eigenvalue weighted by molar-refractivity contribution is 7.89. The third-order valence-electron chi connectivity index (χ3n) is 7.21. The van der Waals surface area contributed by atoms with Gasteiger partial charge in [-0.2, -0.15) is 4.98 Å². The molecule has 2 aliphatic rings. The smallest absolute Gasteiger partial charge is 0.319 e. The molecule has 1 aliphatic heterocycles. The van der Waals surface area contributed by atoms with Gasteiger partial charge in [-0.25, -0.2) is 18.1 Å². The van der Waals surface area contributed by atoms with Crippen molar-refractivity contribution in [3.63, 3.8) is 0 Å². The van der Waals surface area contributed by atoms with Crippen LogP contribution in [0, 0.1) is 0 Å². The summed E-state index contributed by atoms with van der Waals surface area (Å²) in [6, 6.07) is 12.7. The van der Waals surface area contributed by atoms with E-state index in [1.54, 1.807) is 30.5 Å². The average molecular weight is 575 g/mol. The highest BCUT2D eigenvalue weighted by Crippen LogP contribution is 2.37. The number of aromatic nitrogens is 3. The molecule has 41 heavy (non-hydrogen) atoms. The number of carbonyl (C=O) groups is 1. The number of rotatable bonds is 9. The number of amides is 1. The van der Waals surface area contributed by atoms with Crippen LogP contribution < -0.4 is 19.5 Å². The number of hydrogen-bond donors (Lipinski definition) is 2. The van der Waals surface area contributed by atoms with Crippen LogP contribution >= 0.6 is 0 Å². The Morgan fingerprint density at radius 3 is 2.54 bits per heavy atom. The first-order chi connectivity index (χ1) is 19.9. The van der Waals surface area contributed by atoms with Gasteiger partial charge in [0.2, 0.25) is 15.9 Å². The quantitative estimate of drug-likeness (QED) is 0.302. The third-order valence-corrected chi connectivity index (χ3v) is 8.75. The maximum Gasteiger partial charge on any atom is 0.319 e. The molecule has 1 saturated heterocycles. The lowest BCUT2D eigenvalue weighted by atomic mass is 10.0. The molecule has 1 saturated carbocycles. The van der Waals surface area contributed by atoms with Gasteiger partial charge in [0, 0.05) is 48.2 Å². The van der Waals surface area contributed by atoms with Crippen LogP contribution in [0.25, 0.3) is 22.0 Å². The van der Waals surface area contributed by atoms with Crippen molar-refractivity contribution in [1.29, 1.82) is 0 Å². The molecule has 1 aliphatic carbocycles. The fourth-order valence-electron chi connectivity index (χ4n) is 4.94. The zero-order valence-electron chi connectivity index (χ0n) is 22.8. The Morgan fingerprint density at radius 2 is 1.80 bits per heavy atom. The summed E-state index contributed by atoms with van der Waals surface area (Å²) in [5, 5.41) is 3.90. The lowest BCUT2D eigenvalue weighted by Crippen LogP contribution is -2.27. The van der Waals surface area contributed by atoms with Gasteiger partial charge in [0.15, 0.2) is 0 Å². The van der Waals surface area contributed by atoms with Crippen molar-refractivity contribution >= 4 is 38.2 Å². The predicted molar refractivity (Wildman–Crippen MR) is 154 cm³/mol. The number of ether oxygens (including phenoxy) is 2. The van der Waals surface area contributed by atoms with Crippen LogP contribution in [-0.2, 0) is 10.0 Å². The Hall–Kier alpha value is -4.29. The summed E-state index contributed by atoms with van der Waals surface area (Å²) in [5.41, 5.74) is 3.44. The third kappa shape index (κ3) is 5.52. The van der Waals surface area contributed by atoms with Crippen molar-refractivity contribution in [3.05, 3.63) is 60.4 Å². The second kappa shape index (κ2) is 10.9. The Bertz CT molecular complexity index is 1740. The summed E-state index contributed by atoms with van der Waals surface area (Å²) in [6.45, 7) is 1.49. The van der Waals surface area contributed by atoms with Crippen molar-refractivity contribution in [2.24, 2.45) is 0 Å². The minimum absolute atomic E-state index is 0.0331. The molecule has 2 N–H and O–H groups in total. The van der Waals surface area contributed by atoms with E-state index in [2.05, 4.69) is 25.0 Å². The van der Waals surface area contributed by atoms with Gasteiger partial charge in [0.1, 0.15) is 4.90 Å². The van der Waals surface area contributed by atoms with Gasteiger partial charge in [-0.1, -0.05) is 18.2 Å². The molecule has 12 heteroatoms. The molecular formula is C29H30N6O5S. The normalized spacial score (nSPS) is 15.2. The first kappa shape index (κ1) is 26.9. The van der Waals surface area contributed by atoms with Gasteiger partial charge in [0.05, 0.1) is 31.0 Å². The van der Waals surface area contributed by atoms with Gasteiger partial charge in [0.25, 0.3) is 5.91 Å². The largest absolute Gasteiger partial charge is 0.480 e. The molecule has 2 aromatic heterocycles. The fraction of sp³-hybridized carbons (Fsp3) is 0.310. The summed E-state index contributed by atoms with van der Waals surface area (Å²) in [6.07, 6.45) is 6.57. The molecule has 2 aromatic carbocycles. The number of sulfonamides is 1. The van der Waals surface area contributed by atoms with E-state index in [1.165, 1.54) is 20.4 Å². The molecule has 0 unspecified atom stereocenters. The fourth-order valence-corrected chi connectivity index (χ4v) is 6.36. The first-order valence-electron chi connectivity index (χ1n) is 13.4. The summed E-state index contributed by atoms with van der Waals surface area (Å²) in [4.78, 5) is 27.9. The van der Waals surface area contributed by atoms with Crippen LogP contribution in [0.2, 0.25) is 0 Å². The average Bonchev–Trinajstić information content (AvgIpc) is 3.62. The maximum atomic E-state index is 13.4. The topological polar surface area (TPSA) is 136 Å². The second-order valence-electron chi connectivity index (χ2n) is 10.1. The summed E-state index contributed by atoms with van der Waals surface area (Å²) in [7, 11) is -0.874. The lowest BCUT2D eigenvalue weighted by Gasteiger charge is -2.18. The van der Waals surface area contributed by atoms with Gasteiger partial charge in [-0.3, -0.25) is 9.78 Å². The zero-order chi connectivity index (χ0) is 28.6. The number of nitrogens with zero attached hydrogens (tertiary/aromatic N) is 4. The Kier molecular flexibility index (Phi) is 7.18. The number of nitrogens with one attached hydrogen (secondary N) is 2. The van der Waals surface area contributed by atoms with Crippen LogP contribution in [-0.4, -0.2) is 67.5 Å². The summed E-state index contributed by atoms with van der Waals surface area (Å²) >= 11 is 0. The number of pyridine rings is 1.